The Morgan fingerprint density at radius 2 is 2.04 bits per heavy atom. The monoisotopic (exact) mass is 394 g/mol. The highest BCUT2D eigenvalue weighted by Gasteiger charge is 2.30. The van der Waals surface area contributed by atoms with E-state index in [2.05, 4.69) is 20.5 Å². The SMILES string of the molecule is CCNC(=NCc1ccco1)NC1CCN(Cc2ccc(C(F)(F)F)cc2)C1. The number of hydrogen-bond donors (Lipinski definition) is 2. The molecule has 0 radical (unpaired) electrons. The lowest BCUT2D eigenvalue weighted by Gasteiger charge is -2.19. The van der Waals surface area contributed by atoms with Crippen LogP contribution in [0.2, 0.25) is 0 Å². The first kappa shape index (κ1) is 20.3. The molecular weight excluding hydrogens is 369 g/mol. The van der Waals surface area contributed by atoms with Gasteiger partial charge in [-0.25, -0.2) is 4.99 Å². The zero-order valence-corrected chi connectivity index (χ0v) is 15.8. The summed E-state index contributed by atoms with van der Waals surface area (Å²) in [7, 11) is 0. The van der Waals surface area contributed by atoms with E-state index < -0.39 is 11.7 Å². The smallest absolute Gasteiger partial charge is 0.416 e. The second-order valence-corrected chi connectivity index (χ2v) is 6.83. The van der Waals surface area contributed by atoms with Crippen molar-refractivity contribution in [2.75, 3.05) is 19.6 Å². The molecule has 3 rings (SSSR count). The van der Waals surface area contributed by atoms with Gasteiger partial charge in [-0.2, -0.15) is 13.2 Å². The fourth-order valence-corrected chi connectivity index (χ4v) is 3.22. The van der Waals surface area contributed by atoms with Crippen LogP contribution in [0.25, 0.3) is 0 Å². The number of nitrogens with one attached hydrogen (secondary N) is 2. The van der Waals surface area contributed by atoms with Crippen LogP contribution >= 0.6 is 0 Å². The first-order valence-corrected chi connectivity index (χ1v) is 9.39. The molecule has 0 amide bonds. The minimum Gasteiger partial charge on any atom is -0.467 e. The molecule has 2 aromatic rings. The maximum absolute atomic E-state index is 12.7. The number of hydrogen-bond acceptors (Lipinski definition) is 3. The molecule has 2 heterocycles. The Morgan fingerprint density at radius 3 is 2.68 bits per heavy atom. The lowest BCUT2D eigenvalue weighted by Crippen LogP contribution is -2.44. The molecule has 8 heteroatoms. The standard InChI is InChI=1S/C20H25F3N4O/c1-2-24-19(25-12-18-4-3-11-28-18)26-17-9-10-27(14-17)13-15-5-7-16(8-6-15)20(21,22)23/h3-8,11,17H,2,9-10,12-14H2,1H3,(H2,24,25,26). The first-order chi connectivity index (χ1) is 13.4. The molecule has 2 N–H and O–H groups in total. The van der Waals surface area contributed by atoms with Crippen molar-refractivity contribution < 1.29 is 17.6 Å². The highest BCUT2D eigenvalue weighted by molar-refractivity contribution is 5.80. The molecule has 1 aliphatic rings. The van der Waals surface area contributed by atoms with Gasteiger partial charge in [-0.15, -0.1) is 0 Å². The summed E-state index contributed by atoms with van der Waals surface area (Å²) in [6.07, 6.45) is -1.72. The number of aliphatic imine (C=N–C) groups is 1. The van der Waals surface area contributed by atoms with E-state index >= 15 is 0 Å². The Bertz CT molecular complexity index is 757. The van der Waals surface area contributed by atoms with Gasteiger partial charge in [-0.3, -0.25) is 4.90 Å². The summed E-state index contributed by atoms with van der Waals surface area (Å²) in [4.78, 5) is 6.77. The van der Waals surface area contributed by atoms with Gasteiger partial charge in [0.25, 0.3) is 0 Å². The quantitative estimate of drug-likeness (QED) is 0.580. The average molecular weight is 394 g/mol. The van der Waals surface area contributed by atoms with Gasteiger partial charge in [-0.1, -0.05) is 12.1 Å². The third-order valence-corrected chi connectivity index (χ3v) is 4.62. The molecule has 152 valence electrons. The number of guanidine groups is 1. The predicted molar refractivity (Wildman–Crippen MR) is 102 cm³/mol. The molecule has 5 nitrogen and oxygen atoms in total. The van der Waals surface area contributed by atoms with Crippen LogP contribution in [0.3, 0.4) is 0 Å². The zero-order valence-electron chi connectivity index (χ0n) is 15.8. The molecule has 0 spiro atoms. The third kappa shape index (κ3) is 5.76. The number of alkyl halides is 3. The third-order valence-electron chi connectivity index (χ3n) is 4.62. The van der Waals surface area contributed by atoms with Crippen molar-refractivity contribution in [3.05, 3.63) is 59.5 Å². The number of halogens is 3. The van der Waals surface area contributed by atoms with Crippen LogP contribution in [0.5, 0.6) is 0 Å². The zero-order chi connectivity index (χ0) is 20.0. The van der Waals surface area contributed by atoms with Crippen molar-refractivity contribution in [1.82, 2.24) is 15.5 Å². The van der Waals surface area contributed by atoms with Crippen molar-refractivity contribution in [3.8, 4) is 0 Å². The van der Waals surface area contributed by atoms with E-state index in [4.69, 9.17) is 4.42 Å². The van der Waals surface area contributed by atoms with Crippen molar-refractivity contribution >= 4 is 5.96 Å². The molecule has 1 atom stereocenters. The van der Waals surface area contributed by atoms with Crippen molar-refractivity contribution in [1.29, 1.82) is 0 Å². The molecule has 0 aliphatic carbocycles. The first-order valence-electron chi connectivity index (χ1n) is 9.39. The topological polar surface area (TPSA) is 52.8 Å². The van der Waals surface area contributed by atoms with E-state index in [9.17, 15) is 13.2 Å². The van der Waals surface area contributed by atoms with Gasteiger partial charge in [0.1, 0.15) is 12.3 Å². The highest BCUT2D eigenvalue weighted by atomic mass is 19.4. The maximum atomic E-state index is 12.7. The van der Waals surface area contributed by atoms with E-state index in [1.54, 1.807) is 18.4 Å². The molecule has 28 heavy (non-hydrogen) atoms. The second-order valence-electron chi connectivity index (χ2n) is 6.83. The van der Waals surface area contributed by atoms with Crippen molar-refractivity contribution in [3.63, 3.8) is 0 Å². The van der Waals surface area contributed by atoms with Gasteiger partial charge in [0.2, 0.25) is 0 Å². The lowest BCUT2D eigenvalue weighted by molar-refractivity contribution is -0.137. The van der Waals surface area contributed by atoms with Gasteiger partial charge in [0, 0.05) is 32.2 Å². The van der Waals surface area contributed by atoms with Crippen LogP contribution in [-0.2, 0) is 19.3 Å². The van der Waals surface area contributed by atoms with Crippen LogP contribution in [0.15, 0.2) is 52.1 Å². The molecular formula is C20H25F3N4O. The Morgan fingerprint density at radius 1 is 1.25 bits per heavy atom. The Hall–Kier alpha value is -2.48. The Balaban J connectivity index is 1.51. The number of nitrogens with zero attached hydrogens (tertiary/aromatic N) is 2. The Kier molecular flexibility index (Phi) is 6.61. The number of rotatable bonds is 6. The average Bonchev–Trinajstić information content (AvgIpc) is 3.32. The fourth-order valence-electron chi connectivity index (χ4n) is 3.22. The molecule has 1 aliphatic heterocycles. The molecule has 0 saturated carbocycles. The summed E-state index contributed by atoms with van der Waals surface area (Å²) >= 11 is 0. The minimum absolute atomic E-state index is 0.240. The predicted octanol–water partition coefficient (Wildman–Crippen LogP) is 3.63. The molecule has 1 saturated heterocycles. The van der Waals surface area contributed by atoms with Gasteiger partial charge in [0.15, 0.2) is 5.96 Å². The summed E-state index contributed by atoms with van der Waals surface area (Å²) in [6, 6.07) is 9.35. The van der Waals surface area contributed by atoms with Crippen molar-refractivity contribution in [2.24, 2.45) is 4.99 Å². The fraction of sp³-hybridized carbons (Fsp3) is 0.450. The Labute approximate surface area is 162 Å². The molecule has 1 fully saturated rings. The van der Waals surface area contributed by atoms with Gasteiger partial charge in [-0.05, 0) is 43.2 Å². The van der Waals surface area contributed by atoms with E-state index in [-0.39, 0.29) is 6.04 Å². The van der Waals surface area contributed by atoms with E-state index in [0.717, 1.165) is 55.5 Å². The van der Waals surface area contributed by atoms with Crippen LogP contribution in [0.1, 0.15) is 30.2 Å². The van der Waals surface area contributed by atoms with Crippen LogP contribution in [0.4, 0.5) is 13.2 Å². The molecule has 1 unspecified atom stereocenters. The molecule has 1 aromatic carbocycles. The van der Waals surface area contributed by atoms with E-state index in [1.807, 2.05) is 19.1 Å². The highest BCUT2D eigenvalue weighted by Crippen LogP contribution is 2.29. The van der Waals surface area contributed by atoms with E-state index in [0.29, 0.717) is 13.1 Å². The summed E-state index contributed by atoms with van der Waals surface area (Å²) in [5.74, 6) is 1.54. The summed E-state index contributed by atoms with van der Waals surface area (Å²) < 4.78 is 43.3. The number of furan rings is 1. The number of likely N-dealkylation sites (tertiary alicyclic amines) is 1. The minimum atomic E-state index is -4.29. The maximum Gasteiger partial charge on any atom is 0.416 e. The van der Waals surface area contributed by atoms with Gasteiger partial charge >= 0.3 is 6.18 Å². The molecule has 0 bridgehead atoms. The summed E-state index contributed by atoms with van der Waals surface area (Å²) in [6.45, 7) is 5.56. The summed E-state index contributed by atoms with van der Waals surface area (Å²) in [5, 5.41) is 6.66. The lowest BCUT2D eigenvalue weighted by atomic mass is 10.1. The van der Waals surface area contributed by atoms with Crippen LogP contribution < -0.4 is 10.6 Å². The van der Waals surface area contributed by atoms with Crippen LogP contribution in [-0.4, -0.2) is 36.5 Å². The van der Waals surface area contributed by atoms with Crippen LogP contribution in [0, 0.1) is 0 Å². The summed E-state index contributed by atoms with van der Waals surface area (Å²) in [5.41, 5.74) is 0.271. The van der Waals surface area contributed by atoms with Crippen molar-refractivity contribution in [2.45, 2.75) is 38.7 Å². The second kappa shape index (κ2) is 9.14. The van der Waals surface area contributed by atoms with Gasteiger partial charge < -0.3 is 15.1 Å². The number of benzene rings is 1. The normalized spacial score (nSPS) is 18.4. The largest absolute Gasteiger partial charge is 0.467 e. The van der Waals surface area contributed by atoms with Gasteiger partial charge in [0.05, 0.1) is 11.8 Å². The van der Waals surface area contributed by atoms with E-state index in [1.165, 1.54) is 0 Å². The molecule has 1 aromatic heterocycles.